The molecule has 2 aliphatic rings. The van der Waals surface area contributed by atoms with E-state index in [4.69, 9.17) is 0 Å². The fourth-order valence-electron chi connectivity index (χ4n) is 3.57. The van der Waals surface area contributed by atoms with Crippen LogP contribution in [0.1, 0.15) is 45.4 Å². The molecule has 8 heteroatoms. The molecule has 0 aromatic carbocycles. The summed E-state index contributed by atoms with van der Waals surface area (Å²) >= 11 is 0. The molecule has 0 saturated carbocycles. The second-order valence-electron chi connectivity index (χ2n) is 6.28. The van der Waals surface area contributed by atoms with Gasteiger partial charge in [-0.15, -0.1) is 0 Å². The average molecular weight is 332 g/mol. The third kappa shape index (κ3) is 4.17. The Morgan fingerprint density at radius 3 is 2.30 bits per heavy atom. The summed E-state index contributed by atoms with van der Waals surface area (Å²) in [6.07, 6.45) is 0.810. The number of alkyl halides is 2. The lowest BCUT2D eigenvalue weighted by atomic mass is 9.81. The second-order valence-corrected chi connectivity index (χ2v) is 6.28. The Hall–Kier alpha value is -1.73. The summed E-state index contributed by atoms with van der Waals surface area (Å²) in [6.45, 7) is 1.24. The molecule has 1 N–H and O–H groups in total. The van der Waals surface area contributed by atoms with Gasteiger partial charge in [-0.25, -0.2) is 8.78 Å². The number of esters is 1. The van der Waals surface area contributed by atoms with Gasteiger partial charge in [-0.3, -0.25) is 14.4 Å². The van der Waals surface area contributed by atoms with Crippen LogP contribution in [0.5, 0.6) is 0 Å². The zero-order chi connectivity index (χ0) is 17.2. The number of piperidine rings is 2. The SMILES string of the molecule is COC(=O)CC(NC(C)=O)C(=O)N1C2CCCC1CC(F)(F)C2. The second kappa shape index (κ2) is 6.80. The summed E-state index contributed by atoms with van der Waals surface area (Å²) in [7, 11) is 1.19. The number of rotatable bonds is 4. The highest BCUT2D eigenvalue weighted by Gasteiger charge is 2.50. The molecule has 2 aliphatic heterocycles. The van der Waals surface area contributed by atoms with Crippen LogP contribution in [0.2, 0.25) is 0 Å². The lowest BCUT2D eigenvalue weighted by Gasteiger charge is -2.49. The third-order valence-corrected chi connectivity index (χ3v) is 4.46. The lowest BCUT2D eigenvalue weighted by molar-refractivity contribution is -0.162. The number of carbonyl (C=O) groups is 3. The maximum Gasteiger partial charge on any atom is 0.308 e. The zero-order valence-electron chi connectivity index (χ0n) is 13.3. The number of hydrogen-bond acceptors (Lipinski definition) is 4. The minimum Gasteiger partial charge on any atom is -0.469 e. The molecule has 2 heterocycles. The molecule has 2 rings (SSSR count). The summed E-state index contributed by atoms with van der Waals surface area (Å²) in [4.78, 5) is 37.0. The van der Waals surface area contributed by atoms with Crippen molar-refractivity contribution in [1.29, 1.82) is 0 Å². The predicted molar refractivity (Wildman–Crippen MR) is 76.7 cm³/mol. The highest BCUT2D eigenvalue weighted by atomic mass is 19.3. The van der Waals surface area contributed by atoms with Crippen molar-refractivity contribution < 1.29 is 27.9 Å². The number of methoxy groups -OCH3 is 1. The Labute approximate surface area is 133 Å². The number of amides is 2. The molecule has 3 atom stereocenters. The summed E-state index contributed by atoms with van der Waals surface area (Å²) < 4.78 is 32.1. The molecule has 6 nitrogen and oxygen atoms in total. The van der Waals surface area contributed by atoms with E-state index in [9.17, 15) is 23.2 Å². The fraction of sp³-hybridized carbons (Fsp3) is 0.800. The van der Waals surface area contributed by atoms with Gasteiger partial charge in [0, 0.05) is 31.8 Å². The van der Waals surface area contributed by atoms with E-state index < -0.39 is 41.8 Å². The summed E-state index contributed by atoms with van der Waals surface area (Å²) in [6, 6.07) is -2.16. The highest BCUT2D eigenvalue weighted by Crippen LogP contribution is 2.42. The van der Waals surface area contributed by atoms with Crippen molar-refractivity contribution in [2.45, 2.75) is 69.5 Å². The molecular weight excluding hydrogens is 310 g/mol. The normalized spacial score (nSPS) is 27.0. The first-order valence-corrected chi connectivity index (χ1v) is 7.77. The molecule has 0 aromatic heterocycles. The van der Waals surface area contributed by atoms with E-state index in [1.54, 1.807) is 0 Å². The van der Waals surface area contributed by atoms with Gasteiger partial charge in [-0.1, -0.05) is 0 Å². The van der Waals surface area contributed by atoms with E-state index in [0.717, 1.165) is 6.42 Å². The fourth-order valence-corrected chi connectivity index (χ4v) is 3.57. The van der Waals surface area contributed by atoms with Gasteiger partial charge >= 0.3 is 5.97 Å². The van der Waals surface area contributed by atoms with Crippen LogP contribution < -0.4 is 5.32 Å². The first kappa shape index (κ1) is 17.6. The Balaban J connectivity index is 2.18. The van der Waals surface area contributed by atoms with Gasteiger partial charge in [0.2, 0.25) is 11.8 Å². The van der Waals surface area contributed by atoms with E-state index in [0.29, 0.717) is 12.8 Å². The van der Waals surface area contributed by atoms with E-state index in [1.165, 1.54) is 18.9 Å². The Morgan fingerprint density at radius 1 is 1.26 bits per heavy atom. The number of halogens is 2. The zero-order valence-corrected chi connectivity index (χ0v) is 13.3. The summed E-state index contributed by atoms with van der Waals surface area (Å²) in [5.74, 6) is -4.33. The minimum absolute atomic E-state index is 0.304. The van der Waals surface area contributed by atoms with Crippen LogP contribution in [0.15, 0.2) is 0 Å². The molecule has 130 valence electrons. The van der Waals surface area contributed by atoms with Crippen molar-refractivity contribution in [1.82, 2.24) is 10.2 Å². The monoisotopic (exact) mass is 332 g/mol. The molecule has 0 spiro atoms. The number of hydrogen-bond donors (Lipinski definition) is 1. The Bertz CT molecular complexity index is 482. The molecular formula is C15H22F2N2O4. The smallest absolute Gasteiger partial charge is 0.308 e. The van der Waals surface area contributed by atoms with Gasteiger partial charge < -0.3 is 15.0 Å². The van der Waals surface area contributed by atoms with E-state index >= 15 is 0 Å². The average Bonchev–Trinajstić information content (AvgIpc) is 2.43. The van der Waals surface area contributed by atoms with Crippen molar-refractivity contribution >= 4 is 17.8 Å². The standard InChI is InChI=1S/C15H22F2N2O4/c1-9(20)18-12(6-13(21)23-2)14(22)19-10-4-3-5-11(19)8-15(16,17)7-10/h10-12H,3-8H2,1-2H3,(H,18,20). The maximum atomic E-state index is 13.8. The molecule has 3 unspecified atom stereocenters. The topological polar surface area (TPSA) is 75.7 Å². The van der Waals surface area contributed by atoms with Crippen LogP contribution in [0, 0.1) is 0 Å². The van der Waals surface area contributed by atoms with Crippen LogP contribution >= 0.6 is 0 Å². The van der Waals surface area contributed by atoms with Gasteiger partial charge in [0.05, 0.1) is 13.5 Å². The van der Waals surface area contributed by atoms with Crippen molar-refractivity contribution in [2.75, 3.05) is 7.11 Å². The van der Waals surface area contributed by atoms with E-state index in [-0.39, 0.29) is 19.3 Å². The molecule has 0 aromatic rings. The van der Waals surface area contributed by atoms with Gasteiger partial charge in [0.25, 0.3) is 5.92 Å². The quantitative estimate of drug-likeness (QED) is 0.786. The van der Waals surface area contributed by atoms with Crippen LogP contribution in [-0.2, 0) is 19.1 Å². The molecule has 2 saturated heterocycles. The van der Waals surface area contributed by atoms with Crippen LogP contribution in [-0.4, -0.2) is 53.8 Å². The van der Waals surface area contributed by atoms with Crippen LogP contribution in [0.3, 0.4) is 0 Å². The number of carbonyl (C=O) groups excluding carboxylic acids is 3. The maximum absolute atomic E-state index is 13.8. The number of ether oxygens (including phenoxy) is 1. The largest absolute Gasteiger partial charge is 0.469 e. The number of fused-ring (bicyclic) bond motifs is 2. The molecule has 2 amide bonds. The lowest BCUT2D eigenvalue weighted by Crippen LogP contribution is -2.62. The highest BCUT2D eigenvalue weighted by molar-refractivity contribution is 5.91. The first-order valence-electron chi connectivity index (χ1n) is 7.77. The molecule has 23 heavy (non-hydrogen) atoms. The van der Waals surface area contributed by atoms with Crippen molar-refractivity contribution in [3.8, 4) is 0 Å². The Kier molecular flexibility index (Phi) is 5.21. The van der Waals surface area contributed by atoms with Crippen LogP contribution in [0.4, 0.5) is 8.78 Å². The van der Waals surface area contributed by atoms with Gasteiger partial charge in [-0.2, -0.15) is 0 Å². The number of nitrogens with zero attached hydrogens (tertiary/aromatic N) is 1. The third-order valence-electron chi connectivity index (χ3n) is 4.46. The molecule has 0 radical (unpaired) electrons. The minimum atomic E-state index is -2.77. The summed E-state index contributed by atoms with van der Waals surface area (Å²) in [5, 5.41) is 2.43. The van der Waals surface area contributed by atoms with Crippen LogP contribution in [0.25, 0.3) is 0 Å². The predicted octanol–water partition coefficient (Wildman–Crippen LogP) is 1.23. The molecule has 2 bridgehead atoms. The van der Waals surface area contributed by atoms with E-state index in [1.807, 2.05) is 0 Å². The molecule has 0 aliphatic carbocycles. The van der Waals surface area contributed by atoms with Gasteiger partial charge in [0.1, 0.15) is 6.04 Å². The molecule has 2 fully saturated rings. The van der Waals surface area contributed by atoms with E-state index in [2.05, 4.69) is 10.1 Å². The van der Waals surface area contributed by atoms with Crippen molar-refractivity contribution in [3.05, 3.63) is 0 Å². The van der Waals surface area contributed by atoms with Crippen molar-refractivity contribution in [2.24, 2.45) is 0 Å². The van der Waals surface area contributed by atoms with Gasteiger partial charge in [0.15, 0.2) is 0 Å². The summed E-state index contributed by atoms with van der Waals surface area (Å²) in [5.41, 5.74) is 0. The van der Waals surface area contributed by atoms with Crippen molar-refractivity contribution in [3.63, 3.8) is 0 Å². The van der Waals surface area contributed by atoms with Gasteiger partial charge in [-0.05, 0) is 19.3 Å². The Morgan fingerprint density at radius 2 is 1.83 bits per heavy atom. The first-order chi connectivity index (χ1) is 10.7. The number of nitrogens with one attached hydrogen (secondary N) is 1.